The van der Waals surface area contributed by atoms with Crippen LogP contribution in [0.15, 0.2) is 34.7 Å². The largest absolute Gasteiger partial charge is 0.458 e. The van der Waals surface area contributed by atoms with Crippen molar-refractivity contribution in [2.24, 2.45) is 5.73 Å². The molecule has 0 spiro atoms. The minimum absolute atomic E-state index is 0.532. The van der Waals surface area contributed by atoms with Crippen molar-refractivity contribution in [3.8, 4) is 11.6 Å². The smallest absolute Gasteiger partial charge is 0.177 e. The molecule has 0 radical (unpaired) electrons. The third-order valence-corrected chi connectivity index (χ3v) is 3.33. The van der Waals surface area contributed by atoms with Gasteiger partial charge in [-0.25, -0.2) is 4.98 Å². The Labute approximate surface area is 111 Å². The van der Waals surface area contributed by atoms with E-state index >= 15 is 0 Å². The zero-order chi connectivity index (χ0) is 13.4. The van der Waals surface area contributed by atoms with Crippen LogP contribution in [0.3, 0.4) is 0 Å². The summed E-state index contributed by atoms with van der Waals surface area (Å²) in [6, 6.07) is 10.1. The number of fused-ring (bicyclic) bond motifs is 1. The first-order valence-electron chi connectivity index (χ1n) is 6.49. The topological polar surface area (TPSA) is 57.0 Å². The molecule has 0 aliphatic rings. The van der Waals surface area contributed by atoms with Gasteiger partial charge in [-0.1, -0.05) is 6.07 Å². The summed E-state index contributed by atoms with van der Waals surface area (Å²) in [5.41, 5.74) is 8.85. The van der Waals surface area contributed by atoms with Gasteiger partial charge in [-0.05, 0) is 43.7 Å². The zero-order valence-corrected chi connectivity index (χ0v) is 11.2. The standard InChI is InChI=1S/C15H17N3O/c1-3-18-13-6-5-11(9-16)8-12(13)17-15(18)14-7-4-10(2)19-14/h4-8H,3,9,16H2,1-2H3. The van der Waals surface area contributed by atoms with Gasteiger partial charge in [-0.2, -0.15) is 0 Å². The van der Waals surface area contributed by atoms with E-state index in [-0.39, 0.29) is 0 Å². The molecule has 0 atom stereocenters. The SMILES string of the molecule is CCn1c(-c2ccc(C)o2)nc2cc(CN)ccc21. The minimum atomic E-state index is 0.532. The Morgan fingerprint density at radius 1 is 1.26 bits per heavy atom. The molecule has 0 fully saturated rings. The molecule has 19 heavy (non-hydrogen) atoms. The highest BCUT2D eigenvalue weighted by atomic mass is 16.3. The van der Waals surface area contributed by atoms with Crippen molar-refractivity contribution < 1.29 is 4.42 Å². The van der Waals surface area contributed by atoms with Crippen molar-refractivity contribution in [3.05, 3.63) is 41.7 Å². The van der Waals surface area contributed by atoms with Gasteiger partial charge < -0.3 is 14.7 Å². The van der Waals surface area contributed by atoms with Gasteiger partial charge in [0, 0.05) is 13.1 Å². The van der Waals surface area contributed by atoms with Crippen LogP contribution in [0, 0.1) is 6.92 Å². The number of nitrogens with two attached hydrogens (primary N) is 1. The molecule has 98 valence electrons. The maximum atomic E-state index is 5.69. The Bertz CT molecular complexity index is 724. The predicted octanol–water partition coefficient (Wildman–Crippen LogP) is 3.08. The highest BCUT2D eigenvalue weighted by molar-refractivity contribution is 5.80. The van der Waals surface area contributed by atoms with E-state index < -0.39 is 0 Å². The molecule has 2 N–H and O–H groups in total. The number of imidazole rings is 1. The molecule has 4 nitrogen and oxygen atoms in total. The summed E-state index contributed by atoms with van der Waals surface area (Å²) >= 11 is 0. The molecule has 1 aromatic carbocycles. The first-order valence-corrected chi connectivity index (χ1v) is 6.49. The Morgan fingerprint density at radius 3 is 2.74 bits per heavy atom. The monoisotopic (exact) mass is 255 g/mol. The van der Waals surface area contributed by atoms with Gasteiger partial charge in [0.25, 0.3) is 0 Å². The number of aromatic nitrogens is 2. The average Bonchev–Trinajstić information content (AvgIpc) is 3.00. The van der Waals surface area contributed by atoms with Crippen molar-refractivity contribution in [3.63, 3.8) is 0 Å². The van der Waals surface area contributed by atoms with E-state index in [9.17, 15) is 0 Å². The van der Waals surface area contributed by atoms with Gasteiger partial charge in [0.1, 0.15) is 5.76 Å². The molecular formula is C15H17N3O. The second-order valence-electron chi connectivity index (χ2n) is 4.62. The lowest BCUT2D eigenvalue weighted by molar-refractivity contribution is 0.540. The zero-order valence-electron chi connectivity index (χ0n) is 11.2. The van der Waals surface area contributed by atoms with Crippen LogP contribution in [-0.2, 0) is 13.1 Å². The molecule has 0 aliphatic heterocycles. The summed E-state index contributed by atoms with van der Waals surface area (Å²) in [5, 5.41) is 0. The molecule has 2 aromatic heterocycles. The highest BCUT2D eigenvalue weighted by Crippen LogP contribution is 2.26. The third kappa shape index (κ3) is 1.94. The van der Waals surface area contributed by atoms with Crippen LogP contribution < -0.4 is 5.73 Å². The Kier molecular flexibility index (Phi) is 2.87. The van der Waals surface area contributed by atoms with E-state index in [4.69, 9.17) is 10.2 Å². The Morgan fingerprint density at radius 2 is 2.11 bits per heavy atom. The summed E-state index contributed by atoms with van der Waals surface area (Å²) < 4.78 is 7.85. The molecule has 2 heterocycles. The molecule has 0 unspecified atom stereocenters. The average molecular weight is 255 g/mol. The molecule has 0 saturated carbocycles. The van der Waals surface area contributed by atoms with Crippen LogP contribution in [0.4, 0.5) is 0 Å². The molecule has 0 amide bonds. The van der Waals surface area contributed by atoms with E-state index in [0.717, 1.165) is 40.5 Å². The number of aryl methyl sites for hydroxylation is 2. The van der Waals surface area contributed by atoms with Gasteiger partial charge in [0.2, 0.25) is 0 Å². The van der Waals surface area contributed by atoms with Gasteiger partial charge in [-0.15, -0.1) is 0 Å². The fourth-order valence-corrected chi connectivity index (χ4v) is 2.37. The first kappa shape index (κ1) is 12.0. The first-order chi connectivity index (χ1) is 9.22. The molecule has 3 rings (SSSR count). The van der Waals surface area contributed by atoms with E-state index in [1.807, 2.05) is 31.2 Å². The van der Waals surface area contributed by atoms with Crippen molar-refractivity contribution >= 4 is 11.0 Å². The predicted molar refractivity (Wildman–Crippen MR) is 75.7 cm³/mol. The number of nitrogens with zero attached hydrogens (tertiary/aromatic N) is 2. The molecule has 0 saturated heterocycles. The van der Waals surface area contributed by atoms with E-state index in [0.29, 0.717) is 6.54 Å². The maximum absolute atomic E-state index is 5.69. The number of hydrogen-bond donors (Lipinski definition) is 1. The van der Waals surface area contributed by atoms with Crippen LogP contribution >= 0.6 is 0 Å². The van der Waals surface area contributed by atoms with E-state index in [1.54, 1.807) is 0 Å². The molecular weight excluding hydrogens is 238 g/mol. The maximum Gasteiger partial charge on any atom is 0.177 e. The van der Waals surface area contributed by atoms with Crippen LogP contribution in [-0.4, -0.2) is 9.55 Å². The lowest BCUT2D eigenvalue weighted by Gasteiger charge is -2.03. The number of furan rings is 1. The van der Waals surface area contributed by atoms with Gasteiger partial charge >= 0.3 is 0 Å². The van der Waals surface area contributed by atoms with Crippen molar-refractivity contribution in [1.82, 2.24) is 9.55 Å². The van der Waals surface area contributed by atoms with Crippen LogP contribution in [0.1, 0.15) is 18.2 Å². The summed E-state index contributed by atoms with van der Waals surface area (Å²) in [6.07, 6.45) is 0. The Hall–Kier alpha value is -2.07. The van der Waals surface area contributed by atoms with Gasteiger partial charge in [0.05, 0.1) is 11.0 Å². The normalized spacial score (nSPS) is 11.3. The molecule has 0 aliphatic carbocycles. The van der Waals surface area contributed by atoms with Crippen molar-refractivity contribution in [2.75, 3.05) is 0 Å². The lowest BCUT2D eigenvalue weighted by atomic mass is 10.2. The summed E-state index contributed by atoms with van der Waals surface area (Å²) in [6.45, 7) is 5.43. The summed E-state index contributed by atoms with van der Waals surface area (Å²) in [5.74, 6) is 2.58. The van der Waals surface area contributed by atoms with E-state index in [1.165, 1.54) is 0 Å². The summed E-state index contributed by atoms with van der Waals surface area (Å²) in [4.78, 5) is 4.69. The van der Waals surface area contributed by atoms with Gasteiger partial charge in [0.15, 0.2) is 11.6 Å². The molecule has 0 bridgehead atoms. The Balaban J connectivity index is 2.24. The fraction of sp³-hybridized carbons (Fsp3) is 0.267. The number of benzene rings is 1. The molecule has 3 aromatic rings. The van der Waals surface area contributed by atoms with Crippen LogP contribution in [0.2, 0.25) is 0 Å². The second-order valence-corrected chi connectivity index (χ2v) is 4.62. The van der Waals surface area contributed by atoms with Gasteiger partial charge in [-0.3, -0.25) is 0 Å². The fourth-order valence-electron chi connectivity index (χ4n) is 2.37. The summed E-state index contributed by atoms with van der Waals surface area (Å²) in [7, 11) is 0. The molecule has 4 heteroatoms. The van der Waals surface area contributed by atoms with E-state index in [2.05, 4.69) is 22.5 Å². The number of hydrogen-bond acceptors (Lipinski definition) is 3. The van der Waals surface area contributed by atoms with Crippen LogP contribution in [0.5, 0.6) is 0 Å². The quantitative estimate of drug-likeness (QED) is 0.782. The van der Waals surface area contributed by atoms with Crippen molar-refractivity contribution in [2.45, 2.75) is 26.9 Å². The second kappa shape index (κ2) is 4.55. The third-order valence-electron chi connectivity index (χ3n) is 3.33. The van der Waals surface area contributed by atoms with Crippen molar-refractivity contribution in [1.29, 1.82) is 0 Å². The minimum Gasteiger partial charge on any atom is -0.458 e. The number of rotatable bonds is 3. The highest BCUT2D eigenvalue weighted by Gasteiger charge is 2.14. The van der Waals surface area contributed by atoms with Crippen LogP contribution in [0.25, 0.3) is 22.6 Å². The lowest BCUT2D eigenvalue weighted by Crippen LogP contribution is -1.97.